The van der Waals surface area contributed by atoms with Crippen LogP contribution in [0.3, 0.4) is 0 Å². The second-order valence-corrected chi connectivity index (χ2v) is 7.42. The topological polar surface area (TPSA) is 76.2 Å². The molecule has 2 unspecified atom stereocenters. The van der Waals surface area contributed by atoms with Crippen molar-refractivity contribution in [1.82, 2.24) is 4.98 Å². The highest BCUT2D eigenvalue weighted by Gasteiger charge is 2.34. The van der Waals surface area contributed by atoms with Crippen LogP contribution in [0.25, 0.3) is 10.9 Å². The second kappa shape index (κ2) is 8.13. The van der Waals surface area contributed by atoms with Gasteiger partial charge in [-0.3, -0.25) is 9.78 Å². The summed E-state index contributed by atoms with van der Waals surface area (Å²) in [5.41, 5.74) is 7.84. The molecular weight excluding hydrogens is 403 g/mol. The molecule has 4 nitrogen and oxygen atoms in total. The summed E-state index contributed by atoms with van der Waals surface area (Å²) in [5.74, 6) is -2.59. The molecule has 0 spiro atoms. The molecule has 0 aliphatic carbocycles. The number of phenolic OH excluding ortho intramolecular Hbond substituents is 1. The molecule has 0 saturated carbocycles. The van der Waals surface area contributed by atoms with E-state index in [4.69, 9.17) is 17.3 Å². The van der Waals surface area contributed by atoms with E-state index in [0.717, 1.165) is 0 Å². The van der Waals surface area contributed by atoms with Gasteiger partial charge in [-0.25, -0.2) is 4.39 Å². The molecule has 3 N–H and O–H groups in total. The third-order valence-electron chi connectivity index (χ3n) is 5.21. The summed E-state index contributed by atoms with van der Waals surface area (Å²) in [6, 6.07) is 19.9. The minimum atomic E-state index is -0.820. The summed E-state index contributed by atoms with van der Waals surface area (Å²) in [4.78, 5) is 16.9. The maximum atomic E-state index is 13.6. The van der Waals surface area contributed by atoms with Crippen molar-refractivity contribution in [3.05, 3.63) is 107 Å². The van der Waals surface area contributed by atoms with Gasteiger partial charge in [0, 0.05) is 23.1 Å². The molecule has 4 aromatic rings. The number of carbonyl (C=O) groups excluding carboxylic acids is 1. The van der Waals surface area contributed by atoms with Crippen LogP contribution in [0.5, 0.6) is 5.75 Å². The van der Waals surface area contributed by atoms with Crippen LogP contribution < -0.4 is 5.73 Å². The quantitative estimate of drug-likeness (QED) is 0.469. The van der Waals surface area contributed by atoms with Gasteiger partial charge in [0.05, 0.1) is 10.9 Å². The van der Waals surface area contributed by atoms with E-state index in [1.165, 1.54) is 12.1 Å². The molecule has 0 fully saturated rings. The fraction of sp³-hybridized carbons (Fsp3) is 0.0833. The van der Waals surface area contributed by atoms with Crippen LogP contribution in [-0.4, -0.2) is 16.0 Å². The fourth-order valence-corrected chi connectivity index (χ4v) is 4.12. The third-order valence-corrected chi connectivity index (χ3v) is 5.52. The monoisotopic (exact) mass is 420 g/mol. The Balaban J connectivity index is 2.01. The zero-order valence-corrected chi connectivity index (χ0v) is 16.6. The number of halogens is 2. The Labute approximate surface area is 177 Å². The van der Waals surface area contributed by atoms with Crippen LogP contribution in [0.4, 0.5) is 4.39 Å². The van der Waals surface area contributed by atoms with Crippen LogP contribution >= 0.6 is 11.6 Å². The number of hydrogen-bond donors (Lipinski definition) is 2. The van der Waals surface area contributed by atoms with Crippen molar-refractivity contribution in [2.45, 2.75) is 11.8 Å². The Bertz CT molecular complexity index is 1210. The number of amides is 1. The van der Waals surface area contributed by atoms with Crippen LogP contribution in [0.2, 0.25) is 5.02 Å². The Morgan fingerprint density at radius 3 is 2.37 bits per heavy atom. The highest BCUT2D eigenvalue weighted by molar-refractivity contribution is 6.35. The first-order chi connectivity index (χ1) is 14.5. The van der Waals surface area contributed by atoms with Crippen molar-refractivity contribution in [1.29, 1.82) is 0 Å². The van der Waals surface area contributed by atoms with Crippen LogP contribution in [-0.2, 0) is 4.79 Å². The summed E-state index contributed by atoms with van der Waals surface area (Å²) >= 11 is 6.49. The highest BCUT2D eigenvalue weighted by atomic mass is 35.5. The number of aromatic nitrogens is 1. The van der Waals surface area contributed by atoms with Gasteiger partial charge >= 0.3 is 0 Å². The Hall–Kier alpha value is -3.44. The summed E-state index contributed by atoms with van der Waals surface area (Å²) in [6.07, 6.45) is 1.55. The number of carbonyl (C=O) groups is 1. The lowest BCUT2D eigenvalue weighted by Gasteiger charge is -2.27. The number of nitrogens with zero attached hydrogens (tertiary/aromatic N) is 1. The molecule has 1 heterocycles. The van der Waals surface area contributed by atoms with Crippen molar-refractivity contribution in [3.63, 3.8) is 0 Å². The van der Waals surface area contributed by atoms with E-state index in [2.05, 4.69) is 4.98 Å². The fourth-order valence-electron chi connectivity index (χ4n) is 3.85. The predicted molar refractivity (Wildman–Crippen MR) is 115 cm³/mol. The molecule has 1 amide bonds. The minimum absolute atomic E-state index is 0.0912. The van der Waals surface area contributed by atoms with Crippen molar-refractivity contribution in [2.24, 2.45) is 5.73 Å². The Morgan fingerprint density at radius 1 is 1.00 bits per heavy atom. The van der Waals surface area contributed by atoms with Crippen LogP contribution in [0.1, 0.15) is 28.5 Å². The SMILES string of the molecule is NC(=O)C(c1ccccc1)C(c1ccc(F)cc1)c1cc(Cl)c2cccnc2c1O. The van der Waals surface area contributed by atoms with Crippen molar-refractivity contribution in [3.8, 4) is 5.75 Å². The Morgan fingerprint density at radius 2 is 1.70 bits per heavy atom. The van der Waals surface area contributed by atoms with Gasteiger partial charge in [-0.15, -0.1) is 0 Å². The average molecular weight is 421 g/mol. The zero-order valence-electron chi connectivity index (χ0n) is 15.8. The maximum Gasteiger partial charge on any atom is 0.225 e. The molecule has 0 saturated heterocycles. The predicted octanol–water partition coefficient (Wildman–Crippen LogP) is 5.13. The summed E-state index contributed by atoms with van der Waals surface area (Å²) in [6.45, 7) is 0. The molecule has 0 aliphatic rings. The highest BCUT2D eigenvalue weighted by Crippen LogP contribution is 2.45. The van der Waals surface area contributed by atoms with E-state index >= 15 is 0 Å². The maximum absolute atomic E-state index is 13.6. The second-order valence-electron chi connectivity index (χ2n) is 7.02. The first-order valence-electron chi connectivity index (χ1n) is 9.33. The molecule has 0 aliphatic heterocycles. The molecule has 3 aromatic carbocycles. The normalized spacial score (nSPS) is 13.1. The molecule has 0 radical (unpaired) electrons. The molecule has 0 bridgehead atoms. The number of rotatable bonds is 5. The molecule has 30 heavy (non-hydrogen) atoms. The van der Waals surface area contributed by atoms with Gasteiger partial charge in [0.1, 0.15) is 17.1 Å². The minimum Gasteiger partial charge on any atom is -0.505 e. The van der Waals surface area contributed by atoms with Crippen LogP contribution in [0.15, 0.2) is 79.0 Å². The molecular formula is C24H18ClFN2O2. The lowest BCUT2D eigenvalue weighted by Crippen LogP contribution is -2.28. The van der Waals surface area contributed by atoms with Gasteiger partial charge in [-0.2, -0.15) is 0 Å². The standard InChI is InChI=1S/C24H18ClFN2O2/c25-19-13-18(23(29)22-17(19)7-4-12-28-22)20(15-8-10-16(26)11-9-15)21(24(27)30)14-5-2-1-3-6-14/h1-13,20-21,29H,(H2,27,30). The summed E-state index contributed by atoms with van der Waals surface area (Å²) in [7, 11) is 0. The largest absolute Gasteiger partial charge is 0.505 e. The molecule has 6 heteroatoms. The number of fused-ring (bicyclic) bond motifs is 1. The third kappa shape index (κ3) is 3.60. The van der Waals surface area contributed by atoms with E-state index in [1.807, 2.05) is 18.2 Å². The zero-order chi connectivity index (χ0) is 21.3. The number of aromatic hydroxyl groups is 1. The van der Waals surface area contributed by atoms with Gasteiger partial charge in [-0.1, -0.05) is 54.1 Å². The number of phenols is 1. The molecule has 1 aromatic heterocycles. The van der Waals surface area contributed by atoms with E-state index in [9.17, 15) is 14.3 Å². The van der Waals surface area contributed by atoms with Gasteiger partial charge in [0.25, 0.3) is 0 Å². The smallest absolute Gasteiger partial charge is 0.225 e. The van der Waals surface area contributed by atoms with E-state index in [-0.39, 0.29) is 5.75 Å². The first-order valence-corrected chi connectivity index (χ1v) is 9.71. The lowest BCUT2D eigenvalue weighted by molar-refractivity contribution is -0.119. The van der Waals surface area contributed by atoms with E-state index in [1.54, 1.807) is 48.7 Å². The van der Waals surface area contributed by atoms with E-state index < -0.39 is 23.6 Å². The van der Waals surface area contributed by atoms with Gasteiger partial charge in [-0.05, 0) is 41.5 Å². The summed E-state index contributed by atoms with van der Waals surface area (Å²) in [5, 5.41) is 12.1. The van der Waals surface area contributed by atoms with Gasteiger partial charge in [0.2, 0.25) is 5.91 Å². The average Bonchev–Trinajstić information content (AvgIpc) is 2.76. The van der Waals surface area contributed by atoms with Crippen molar-refractivity contribution < 1.29 is 14.3 Å². The molecule has 2 atom stereocenters. The van der Waals surface area contributed by atoms with Crippen molar-refractivity contribution in [2.75, 3.05) is 0 Å². The number of benzene rings is 3. The van der Waals surface area contributed by atoms with Gasteiger partial charge < -0.3 is 10.8 Å². The number of pyridine rings is 1. The van der Waals surface area contributed by atoms with Crippen LogP contribution in [0, 0.1) is 5.82 Å². The van der Waals surface area contributed by atoms with E-state index in [0.29, 0.717) is 32.6 Å². The van der Waals surface area contributed by atoms with Gasteiger partial charge in [0.15, 0.2) is 0 Å². The lowest BCUT2D eigenvalue weighted by atomic mass is 9.76. The first kappa shape index (κ1) is 19.9. The molecule has 150 valence electrons. The number of nitrogens with two attached hydrogens (primary N) is 1. The molecule has 4 rings (SSSR count). The summed E-state index contributed by atoms with van der Waals surface area (Å²) < 4.78 is 13.6. The van der Waals surface area contributed by atoms with Crippen molar-refractivity contribution >= 4 is 28.4 Å². The Kier molecular flexibility index (Phi) is 5.38. The number of primary amides is 1. The number of hydrogen-bond acceptors (Lipinski definition) is 3.